The lowest BCUT2D eigenvalue weighted by Crippen LogP contribution is -2.44. The van der Waals surface area contributed by atoms with Crippen molar-refractivity contribution in [2.24, 2.45) is 0 Å². The number of fused-ring (bicyclic) bond motifs is 1. The summed E-state index contributed by atoms with van der Waals surface area (Å²) in [5, 5.41) is 12.3. The average molecular weight is 374 g/mol. The fourth-order valence-electron chi connectivity index (χ4n) is 2.77. The van der Waals surface area contributed by atoms with Gasteiger partial charge in [-0.25, -0.2) is 14.2 Å². The molecule has 26 heavy (non-hydrogen) atoms. The highest BCUT2D eigenvalue weighted by molar-refractivity contribution is 5.92. The van der Waals surface area contributed by atoms with E-state index in [0.717, 1.165) is 19.2 Å². The molecular weight excluding hydrogens is 351 g/mol. The van der Waals surface area contributed by atoms with Crippen LogP contribution in [0.15, 0.2) is 17.1 Å². The molecule has 0 aliphatic carbocycles. The van der Waals surface area contributed by atoms with Crippen molar-refractivity contribution in [1.29, 1.82) is 0 Å². The van der Waals surface area contributed by atoms with Crippen LogP contribution in [0.2, 0.25) is 0 Å². The lowest BCUT2D eigenvalue weighted by atomic mass is 10.2. The number of pyridine rings is 2. The highest BCUT2D eigenvalue weighted by atomic mass is 19.1. The Balaban J connectivity index is 0.00000208. The highest BCUT2D eigenvalue weighted by Gasteiger charge is 2.21. The number of piperazine rings is 1. The summed E-state index contributed by atoms with van der Waals surface area (Å²) in [6, 6.07) is 1.10. The van der Waals surface area contributed by atoms with E-state index in [2.05, 4.69) is 10.3 Å². The molecule has 0 radical (unpaired) electrons. The smallest absolute Gasteiger partial charge is 0.341 e. The van der Waals surface area contributed by atoms with Crippen molar-refractivity contribution in [1.82, 2.24) is 14.9 Å². The molecule has 2 aromatic heterocycles. The number of rotatable bonds is 3. The fraction of sp³-hybridized carbons (Fsp3) is 0.400. The minimum absolute atomic E-state index is 0. The van der Waals surface area contributed by atoms with Crippen molar-refractivity contribution in [2.75, 3.05) is 31.1 Å². The van der Waals surface area contributed by atoms with Gasteiger partial charge in [0.2, 0.25) is 5.43 Å². The maximum atomic E-state index is 14.4. The van der Waals surface area contributed by atoms with Gasteiger partial charge in [0, 0.05) is 38.9 Å². The predicted molar refractivity (Wildman–Crippen MR) is 94.5 cm³/mol. The molecule has 1 saturated heterocycles. The number of anilines is 1. The molecule has 0 spiro atoms. The summed E-state index contributed by atoms with van der Waals surface area (Å²) in [6.07, 6.45) is 1.26. The third-order valence-corrected chi connectivity index (χ3v) is 3.97. The Labute approximate surface area is 147 Å². The number of carboxylic acids is 1. The van der Waals surface area contributed by atoms with Gasteiger partial charge < -0.3 is 36.3 Å². The van der Waals surface area contributed by atoms with Crippen LogP contribution in [0, 0.1) is 5.82 Å². The fourth-order valence-corrected chi connectivity index (χ4v) is 2.77. The number of hydrogen-bond donors (Lipinski definition) is 2. The maximum absolute atomic E-state index is 14.4. The van der Waals surface area contributed by atoms with E-state index in [1.165, 1.54) is 6.20 Å². The molecule has 1 aliphatic heterocycles. The first kappa shape index (κ1) is 23.4. The van der Waals surface area contributed by atoms with Crippen LogP contribution < -0.4 is 15.6 Å². The zero-order valence-electron chi connectivity index (χ0n) is 14.2. The summed E-state index contributed by atoms with van der Waals surface area (Å²) >= 11 is 0. The molecule has 0 bridgehead atoms. The summed E-state index contributed by atoms with van der Waals surface area (Å²) < 4.78 is 16.0. The van der Waals surface area contributed by atoms with Gasteiger partial charge in [0.05, 0.1) is 5.39 Å². The molecule has 0 unspecified atom stereocenters. The highest BCUT2D eigenvalue weighted by Crippen LogP contribution is 2.21. The second kappa shape index (κ2) is 9.20. The van der Waals surface area contributed by atoms with E-state index < -0.39 is 17.2 Å². The number of hydrogen-bond acceptors (Lipinski definition) is 5. The molecule has 11 heteroatoms. The van der Waals surface area contributed by atoms with Gasteiger partial charge in [0.1, 0.15) is 11.2 Å². The van der Waals surface area contributed by atoms with E-state index in [0.29, 0.717) is 25.3 Å². The normalized spacial score (nSPS) is 13.4. The van der Waals surface area contributed by atoms with Crippen LogP contribution in [0.1, 0.15) is 17.3 Å². The molecular formula is C15H23FN4O6. The molecule has 2 aromatic rings. The quantitative estimate of drug-likeness (QED) is 0.638. The van der Waals surface area contributed by atoms with Crippen LogP contribution >= 0.6 is 0 Å². The monoisotopic (exact) mass is 374 g/mol. The predicted octanol–water partition coefficient (Wildman–Crippen LogP) is -1.81. The number of halogens is 1. The number of aromatic carboxylic acids is 1. The van der Waals surface area contributed by atoms with Gasteiger partial charge in [0.15, 0.2) is 11.6 Å². The van der Waals surface area contributed by atoms with E-state index in [-0.39, 0.29) is 33.2 Å². The number of nitrogens with zero attached hydrogens (tertiary/aromatic N) is 3. The first-order valence-corrected chi connectivity index (χ1v) is 7.45. The average Bonchev–Trinajstić information content (AvgIpc) is 2.55. The van der Waals surface area contributed by atoms with Crippen LogP contribution in [0.4, 0.5) is 10.2 Å². The molecule has 1 aliphatic rings. The Bertz CT molecular complexity index is 835. The molecule has 1 fully saturated rings. The Morgan fingerprint density at radius 3 is 2.46 bits per heavy atom. The van der Waals surface area contributed by atoms with Crippen LogP contribution in [0.25, 0.3) is 11.0 Å². The number of aromatic nitrogens is 2. The first-order valence-electron chi connectivity index (χ1n) is 7.45. The third-order valence-electron chi connectivity index (χ3n) is 3.97. The molecule has 146 valence electrons. The van der Waals surface area contributed by atoms with Gasteiger partial charge in [0.25, 0.3) is 0 Å². The van der Waals surface area contributed by atoms with Crippen LogP contribution in [0.5, 0.6) is 0 Å². The number of nitrogens with one attached hydrogen (secondary N) is 1. The second-order valence-corrected chi connectivity index (χ2v) is 5.37. The molecule has 0 aromatic carbocycles. The zero-order chi connectivity index (χ0) is 16.6. The SMILES string of the molecule is CCn1cc(C(=O)O)c(=O)c2cc(F)c(N3CCNCC3)nc21.O.O.O. The standard InChI is InChI=1S/C15H17FN4O3.3H2O/c1-2-19-8-10(15(22)23)12(21)9-7-11(16)14(18-13(9)19)20-5-3-17-4-6-20;;;/h7-8,17H,2-6H2,1H3,(H,22,23);3*1H2. The third kappa shape index (κ3) is 3.96. The second-order valence-electron chi connectivity index (χ2n) is 5.37. The van der Waals surface area contributed by atoms with Gasteiger partial charge in [-0.3, -0.25) is 4.79 Å². The van der Waals surface area contributed by atoms with E-state index in [1.807, 2.05) is 11.8 Å². The topological polar surface area (TPSA) is 182 Å². The molecule has 3 heterocycles. The molecule has 0 amide bonds. The maximum Gasteiger partial charge on any atom is 0.341 e. The molecule has 0 atom stereocenters. The molecule has 0 saturated carbocycles. The number of carbonyl (C=O) groups is 1. The van der Waals surface area contributed by atoms with Crippen molar-refractivity contribution in [3.8, 4) is 0 Å². The van der Waals surface area contributed by atoms with Crippen molar-refractivity contribution in [3.63, 3.8) is 0 Å². The van der Waals surface area contributed by atoms with Crippen LogP contribution in [-0.4, -0.2) is 63.2 Å². The Kier molecular flexibility index (Phi) is 8.28. The summed E-state index contributed by atoms with van der Waals surface area (Å²) in [4.78, 5) is 29.6. The summed E-state index contributed by atoms with van der Waals surface area (Å²) in [7, 11) is 0. The van der Waals surface area contributed by atoms with Crippen molar-refractivity contribution < 1.29 is 30.7 Å². The van der Waals surface area contributed by atoms with Gasteiger partial charge in [-0.2, -0.15) is 0 Å². The van der Waals surface area contributed by atoms with E-state index in [9.17, 15) is 14.0 Å². The Morgan fingerprint density at radius 1 is 1.31 bits per heavy atom. The number of carboxylic acid groups (broad SMARTS) is 1. The summed E-state index contributed by atoms with van der Waals surface area (Å²) in [5.74, 6) is -1.74. The largest absolute Gasteiger partial charge is 0.477 e. The van der Waals surface area contributed by atoms with E-state index in [4.69, 9.17) is 5.11 Å². The van der Waals surface area contributed by atoms with E-state index >= 15 is 0 Å². The lowest BCUT2D eigenvalue weighted by molar-refractivity contribution is 0.0695. The van der Waals surface area contributed by atoms with Gasteiger partial charge in [-0.05, 0) is 13.0 Å². The summed E-state index contributed by atoms with van der Waals surface area (Å²) in [6.45, 7) is 4.95. The Morgan fingerprint density at radius 2 is 1.92 bits per heavy atom. The Hall–Kier alpha value is -2.60. The van der Waals surface area contributed by atoms with Crippen molar-refractivity contribution in [2.45, 2.75) is 13.5 Å². The van der Waals surface area contributed by atoms with Crippen molar-refractivity contribution in [3.05, 3.63) is 33.9 Å². The zero-order valence-corrected chi connectivity index (χ0v) is 14.2. The van der Waals surface area contributed by atoms with Crippen LogP contribution in [-0.2, 0) is 6.54 Å². The summed E-state index contributed by atoms with van der Waals surface area (Å²) in [5.41, 5.74) is -0.789. The first-order chi connectivity index (χ1) is 11.0. The van der Waals surface area contributed by atoms with Crippen LogP contribution in [0.3, 0.4) is 0 Å². The van der Waals surface area contributed by atoms with Gasteiger partial charge in [-0.15, -0.1) is 0 Å². The minimum Gasteiger partial charge on any atom is -0.477 e. The lowest BCUT2D eigenvalue weighted by Gasteiger charge is -2.29. The minimum atomic E-state index is -1.33. The molecule has 8 N–H and O–H groups in total. The molecule has 10 nitrogen and oxygen atoms in total. The van der Waals surface area contributed by atoms with Gasteiger partial charge in [-0.1, -0.05) is 0 Å². The molecule has 3 rings (SSSR count). The van der Waals surface area contributed by atoms with E-state index in [1.54, 1.807) is 4.57 Å². The van der Waals surface area contributed by atoms with Gasteiger partial charge >= 0.3 is 5.97 Å². The van der Waals surface area contributed by atoms with Crippen molar-refractivity contribution >= 4 is 22.8 Å². The number of aryl methyl sites for hydroxylation is 1.